The Kier molecular flexibility index (Phi) is 5.66. The fourth-order valence-corrected chi connectivity index (χ4v) is 5.54. The highest BCUT2D eigenvalue weighted by Gasteiger charge is 2.31. The molecule has 0 radical (unpaired) electrons. The molecule has 0 spiro atoms. The van der Waals surface area contributed by atoms with Gasteiger partial charge in [0.25, 0.3) is 0 Å². The van der Waals surface area contributed by atoms with E-state index in [1.54, 1.807) is 0 Å². The van der Waals surface area contributed by atoms with Gasteiger partial charge in [-0.1, -0.05) is 20.8 Å². The molecule has 1 saturated heterocycles. The van der Waals surface area contributed by atoms with E-state index in [4.69, 9.17) is 0 Å². The number of aryl methyl sites for hydroxylation is 1. The van der Waals surface area contributed by atoms with E-state index in [9.17, 15) is 0 Å². The number of imidazole rings is 1. The average Bonchev–Trinajstić information content (AvgIpc) is 2.78. The molecular weight excluding hydrogens is 274 g/mol. The topological polar surface area (TPSA) is 29.9 Å². The van der Waals surface area contributed by atoms with Crippen LogP contribution in [0.5, 0.6) is 0 Å². The zero-order valence-corrected chi connectivity index (χ0v) is 13.9. The van der Waals surface area contributed by atoms with Crippen molar-refractivity contribution in [1.29, 1.82) is 0 Å². The lowest BCUT2D eigenvalue weighted by Gasteiger charge is -2.36. The largest absolute Gasteiger partial charge is 0.338 e. The molecule has 0 aromatic carbocycles. The lowest BCUT2D eigenvalue weighted by Crippen LogP contribution is -2.45. The molecular formula is C14H25N3S2. The predicted molar refractivity (Wildman–Crippen MR) is 87.1 cm³/mol. The number of nitrogens with zero attached hydrogens (tertiary/aromatic N) is 2. The summed E-state index contributed by atoms with van der Waals surface area (Å²) in [4.78, 5) is 4.47. The molecule has 0 amide bonds. The monoisotopic (exact) mass is 299 g/mol. The van der Waals surface area contributed by atoms with Crippen molar-refractivity contribution in [3.05, 3.63) is 18.2 Å². The normalized spacial score (nSPS) is 29.4. The maximum Gasteiger partial charge on any atom is 0.109 e. The van der Waals surface area contributed by atoms with Gasteiger partial charge in [0.15, 0.2) is 0 Å². The molecule has 0 saturated carbocycles. The third-order valence-electron chi connectivity index (χ3n) is 3.81. The summed E-state index contributed by atoms with van der Waals surface area (Å²) < 4.78 is 2.14. The Morgan fingerprint density at radius 2 is 2.26 bits per heavy atom. The Labute approximate surface area is 125 Å². The van der Waals surface area contributed by atoms with Crippen LogP contribution in [0.1, 0.15) is 26.6 Å². The Morgan fingerprint density at radius 1 is 1.47 bits per heavy atom. The molecule has 4 atom stereocenters. The number of nitrogens with one attached hydrogen (secondary N) is 1. The van der Waals surface area contributed by atoms with Crippen molar-refractivity contribution in [2.75, 3.05) is 12.3 Å². The van der Waals surface area contributed by atoms with E-state index in [1.807, 2.05) is 12.4 Å². The second-order valence-corrected chi connectivity index (χ2v) is 8.27. The minimum atomic E-state index is 0.526. The molecule has 5 heteroatoms. The highest BCUT2D eigenvalue weighted by molar-refractivity contribution is 8.07. The fourth-order valence-electron chi connectivity index (χ4n) is 2.41. The van der Waals surface area contributed by atoms with E-state index in [1.165, 1.54) is 11.6 Å². The summed E-state index contributed by atoms with van der Waals surface area (Å²) in [6, 6.07) is 0.526. The van der Waals surface area contributed by atoms with Crippen LogP contribution < -0.4 is 5.32 Å². The van der Waals surface area contributed by atoms with Gasteiger partial charge in [-0.25, -0.2) is 4.98 Å². The third kappa shape index (κ3) is 3.92. The van der Waals surface area contributed by atoms with Gasteiger partial charge in [0.1, 0.15) is 5.82 Å². The van der Waals surface area contributed by atoms with E-state index >= 15 is 0 Å². The molecule has 1 N–H and O–H groups in total. The van der Waals surface area contributed by atoms with Gasteiger partial charge in [-0.2, -0.15) is 23.5 Å². The lowest BCUT2D eigenvalue weighted by molar-refractivity contribution is 0.503. The predicted octanol–water partition coefficient (Wildman–Crippen LogP) is 2.57. The smallest absolute Gasteiger partial charge is 0.109 e. The van der Waals surface area contributed by atoms with Crippen molar-refractivity contribution in [1.82, 2.24) is 14.9 Å². The Morgan fingerprint density at radius 3 is 2.84 bits per heavy atom. The molecule has 2 heterocycles. The standard InChI is InChI=1S/C14H25N3S2/c1-5-15-12(8-14-16-6-7-17(14)4)13-9-18-10(2)11(3)19-13/h6-7,10-13,15H,5,8-9H2,1-4H3. The molecule has 4 unspecified atom stereocenters. The van der Waals surface area contributed by atoms with Crippen LogP contribution in [0, 0.1) is 0 Å². The van der Waals surface area contributed by atoms with Crippen LogP contribution in [-0.2, 0) is 13.5 Å². The second-order valence-electron chi connectivity index (χ2n) is 5.24. The van der Waals surface area contributed by atoms with E-state index in [0.717, 1.165) is 23.5 Å². The number of rotatable bonds is 5. The third-order valence-corrected chi connectivity index (χ3v) is 7.36. The van der Waals surface area contributed by atoms with Gasteiger partial charge in [0.05, 0.1) is 0 Å². The number of thioether (sulfide) groups is 2. The van der Waals surface area contributed by atoms with Crippen molar-refractivity contribution in [3.63, 3.8) is 0 Å². The van der Waals surface area contributed by atoms with Crippen LogP contribution in [0.2, 0.25) is 0 Å². The summed E-state index contributed by atoms with van der Waals surface area (Å²) >= 11 is 4.27. The molecule has 1 aromatic rings. The zero-order valence-electron chi connectivity index (χ0n) is 12.3. The lowest BCUT2D eigenvalue weighted by atomic mass is 10.1. The zero-order chi connectivity index (χ0) is 13.8. The minimum absolute atomic E-state index is 0.526. The summed E-state index contributed by atoms with van der Waals surface area (Å²) in [5.74, 6) is 2.43. The van der Waals surface area contributed by atoms with Gasteiger partial charge in [-0.15, -0.1) is 0 Å². The summed E-state index contributed by atoms with van der Waals surface area (Å²) in [7, 11) is 2.08. The van der Waals surface area contributed by atoms with E-state index in [0.29, 0.717) is 11.3 Å². The molecule has 0 bridgehead atoms. The maximum atomic E-state index is 4.47. The summed E-state index contributed by atoms with van der Waals surface area (Å²) in [6.45, 7) is 7.93. The number of aromatic nitrogens is 2. The van der Waals surface area contributed by atoms with Crippen LogP contribution in [0.3, 0.4) is 0 Å². The van der Waals surface area contributed by atoms with E-state index in [2.05, 4.69) is 66.2 Å². The van der Waals surface area contributed by atoms with Crippen LogP contribution in [-0.4, -0.2) is 43.6 Å². The molecule has 1 fully saturated rings. The van der Waals surface area contributed by atoms with Crippen molar-refractivity contribution in [3.8, 4) is 0 Å². The molecule has 0 aliphatic carbocycles. The Balaban J connectivity index is 2.01. The molecule has 108 valence electrons. The molecule has 1 aromatic heterocycles. The summed E-state index contributed by atoms with van der Waals surface area (Å²) in [6.07, 6.45) is 4.95. The molecule has 19 heavy (non-hydrogen) atoms. The highest BCUT2D eigenvalue weighted by Crippen LogP contribution is 2.37. The number of likely N-dealkylation sites (N-methyl/N-ethyl adjacent to an activating group) is 1. The van der Waals surface area contributed by atoms with E-state index < -0.39 is 0 Å². The SMILES string of the molecule is CCNC(Cc1nccn1C)C1CSC(C)C(C)S1. The molecule has 1 aliphatic heterocycles. The van der Waals surface area contributed by atoms with Crippen LogP contribution >= 0.6 is 23.5 Å². The van der Waals surface area contributed by atoms with Crippen LogP contribution in [0.4, 0.5) is 0 Å². The van der Waals surface area contributed by atoms with Crippen molar-refractivity contribution >= 4 is 23.5 Å². The van der Waals surface area contributed by atoms with Gasteiger partial charge < -0.3 is 9.88 Å². The van der Waals surface area contributed by atoms with Gasteiger partial charge >= 0.3 is 0 Å². The van der Waals surface area contributed by atoms with Crippen molar-refractivity contribution in [2.45, 2.75) is 49.0 Å². The first-order valence-corrected chi connectivity index (χ1v) is 9.07. The quantitative estimate of drug-likeness (QED) is 0.905. The first-order chi connectivity index (χ1) is 9.11. The molecule has 3 nitrogen and oxygen atoms in total. The Hall–Kier alpha value is -0.130. The number of hydrogen-bond donors (Lipinski definition) is 1. The second kappa shape index (κ2) is 7.04. The Bertz CT molecular complexity index is 394. The van der Waals surface area contributed by atoms with Gasteiger partial charge in [0, 0.05) is 53.4 Å². The minimum Gasteiger partial charge on any atom is -0.338 e. The average molecular weight is 300 g/mol. The number of hydrogen-bond acceptors (Lipinski definition) is 4. The first-order valence-electron chi connectivity index (χ1n) is 7.08. The molecule has 2 rings (SSSR count). The summed E-state index contributed by atoms with van der Waals surface area (Å²) in [5, 5.41) is 5.87. The van der Waals surface area contributed by atoms with Gasteiger partial charge in [-0.05, 0) is 6.54 Å². The maximum absolute atomic E-state index is 4.47. The van der Waals surface area contributed by atoms with Gasteiger partial charge in [-0.3, -0.25) is 0 Å². The van der Waals surface area contributed by atoms with Crippen LogP contribution in [0.15, 0.2) is 12.4 Å². The fraction of sp³-hybridized carbons (Fsp3) is 0.786. The molecule has 1 aliphatic rings. The first kappa shape index (κ1) is 15.3. The van der Waals surface area contributed by atoms with Crippen LogP contribution in [0.25, 0.3) is 0 Å². The van der Waals surface area contributed by atoms with Crippen molar-refractivity contribution in [2.24, 2.45) is 7.05 Å². The highest BCUT2D eigenvalue weighted by atomic mass is 32.2. The van der Waals surface area contributed by atoms with E-state index in [-0.39, 0.29) is 0 Å². The summed E-state index contributed by atoms with van der Waals surface area (Å²) in [5.41, 5.74) is 0. The van der Waals surface area contributed by atoms with Crippen molar-refractivity contribution < 1.29 is 0 Å². The van der Waals surface area contributed by atoms with Gasteiger partial charge in [0.2, 0.25) is 0 Å².